The molecular weight excluding hydrogens is 891 g/mol. The number of alkyl halides is 2. The summed E-state index contributed by atoms with van der Waals surface area (Å²) in [4.78, 5) is 69.0. The minimum Gasteiger partial charge on any atom is -0.497 e. The second-order valence-electron chi connectivity index (χ2n) is 19.4. The number of amides is 4. The lowest BCUT2D eigenvalue weighted by atomic mass is 9.81. The van der Waals surface area contributed by atoms with E-state index in [4.69, 9.17) is 19.2 Å². The highest BCUT2D eigenvalue weighted by Crippen LogP contribution is 2.47. The molecule has 0 spiro atoms. The summed E-state index contributed by atoms with van der Waals surface area (Å²) < 4.78 is 77.6. The van der Waals surface area contributed by atoms with Crippen molar-refractivity contribution in [2.45, 2.75) is 146 Å². The van der Waals surface area contributed by atoms with Gasteiger partial charge in [0.25, 0.3) is 11.8 Å². The van der Waals surface area contributed by atoms with Gasteiger partial charge in [0.05, 0.1) is 42.6 Å². The Bertz CT molecular complexity index is 2510. The first-order valence-electron chi connectivity index (χ1n) is 23.0. The van der Waals surface area contributed by atoms with Crippen molar-refractivity contribution in [2.24, 2.45) is 17.8 Å². The number of hydrogen-bond acceptors (Lipinski definition) is 11. The summed E-state index contributed by atoms with van der Waals surface area (Å²) >= 11 is 0. The Morgan fingerprint density at radius 3 is 2.39 bits per heavy atom. The monoisotopic (exact) mass is 952 g/mol. The average Bonchev–Trinajstić information content (AvgIpc) is 4.19. The maximum Gasteiger partial charge on any atom is 0.408 e. The first-order valence-corrected chi connectivity index (χ1v) is 24.6. The van der Waals surface area contributed by atoms with E-state index in [9.17, 15) is 27.9 Å². The zero-order valence-corrected chi connectivity index (χ0v) is 40.1. The van der Waals surface area contributed by atoms with Crippen molar-refractivity contribution >= 4 is 44.6 Å². The van der Waals surface area contributed by atoms with Gasteiger partial charge < -0.3 is 29.5 Å². The fourth-order valence-corrected chi connectivity index (χ4v) is 10.7. The number of carbonyl (C=O) groups is 4. The molecule has 7 atom stereocenters. The Balaban J connectivity index is 1.32. The number of halogens is 2. The predicted octanol–water partition coefficient (Wildman–Crippen LogP) is 7.11. The lowest BCUT2D eigenvalue weighted by molar-refractivity contribution is -0.157. The van der Waals surface area contributed by atoms with Crippen LogP contribution in [0.15, 0.2) is 54.7 Å². The summed E-state index contributed by atoms with van der Waals surface area (Å²) in [5, 5.41) is 14.1. The third kappa shape index (κ3) is 10.3. The number of aromatic nitrogens is 2. The largest absolute Gasteiger partial charge is 0.497 e. The minimum atomic E-state index is -4.03. The minimum absolute atomic E-state index is 0.0787. The average molecular weight is 953 g/mol. The molecule has 1 aromatic carbocycles. The van der Waals surface area contributed by atoms with Gasteiger partial charge in [-0.15, -0.1) is 0 Å². The van der Waals surface area contributed by atoms with E-state index in [1.807, 2.05) is 32.9 Å². The van der Waals surface area contributed by atoms with Crippen molar-refractivity contribution in [1.29, 1.82) is 0 Å². The van der Waals surface area contributed by atoms with Crippen LogP contribution in [0.5, 0.6) is 17.4 Å². The molecule has 2 aliphatic carbocycles. The van der Waals surface area contributed by atoms with E-state index in [1.54, 1.807) is 49.5 Å². The molecule has 7 rings (SSSR count). The zero-order valence-electron chi connectivity index (χ0n) is 39.3. The van der Waals surface area contributed by atoms with Crippen LogP contribution in [0.4, 0.5) is 13.6 Å². The molecule has 16 nitrogen and oxygen atoms in total. The van der Waals surface area contributed by atoms with Crippen molar-refractivity contribution < 1.29 is 55.7 Å². The van der Waals surface area contributed by atoms with Crippen molar-refractivity contribution in [3.05, 3.63) is 54.7 Å². The molecule has 4 aliphatic rings. The van der Waals surface area contributed by atoms with E-state index in [1.165, 1.54) is 12.0 Å². The number of carbonyl (C=O) groups excluding carboxylic acids is 3. The number of nitrogens with zero attached hydrogens (tertiary/aromatic N) is 4. The second-order valence-corrected chi connectivity index (χ2v) is 21.4. The molecule has 3 aromatic rings. The topological polar surface area (TPSA) is 207 Å². The third-order valence-electron chi connectivity index (χ3n) is 13.7. The Hall–Kier alpha value is -5.59. The molecule has 67 heavy (non-hydrogen) atoms. The molecule has 2 saturated carbocycles. The molecule has 4 heterocycles. The smallest absolute Gasteiger partial charge is 0.408 e. The number of carboxylic acid groups (broad SMARTS) is 1. The molecule has 2 aliphatic heterocycles. The molecule has 3 N–H and O–H groups in total. The van der Waals surface area contributed by atoms with Crippen LogP contribution in [0, 0.1) is 17.8 Å². The highest BCUT2D eigenvalue weighted by atomic mass is 32.2. The van der Waals surface area contributed by atoms with Gasteiger partial charge in [-0.05, 0) is 120 Å². The maximum atomic E-state index is 15.6. The van der Waals surface area contributed by atoms with E-state index >= 15 is 13.6 Å². The molecule has 364 valence electrons. The van der Waals surface area contributed by atoms with Crippen LogP contribution >= 0.6 is 0 Å². The fourth-order valence-electron chi connectivity index (χ4n) is 9.33. The van der Waals surface area contributed by atoms with Crippen LogP contribution in [0.1, 0.15) is 99.8 Å². The molecule has 1 saturated heterocycles. The van der Waals surface area contributed by atoms with Gasteiger partial charge in [0, 0.05) is 24.6 Å². The van der Waals surface area contributed by atoms with Crippen LogP contribution in [0.2, 0.25) is 0 Å². The quantitative estimate of drug-likeness (QED) is 0.147. The Kier molecular flexibility index (Phi) is 13.9. The Morgan fingerprint density at radius 2 is 1.78 bits per heavy atom. The normalized spacial score (nSPS) is 26.6. The number of fused-ring (bicyclic) bond motifs is 3. The van der Waals surface area contributed by atoms with Crippen molar-refractivity contribution in [3.63, 3.8) is 0 Å². The second kappa shape index (κ2) is 18.8. The summed E-state index contributed by atoms with van der Waals surface area (Å²) in [5.41, 5.74) is -3.20. The van der Waals surface area contributed by atoms with Gasteiger partial charge in [-0.3, -0.25) is 29.0 Å². The van der Waals surface area contributed by atoms with Gasteiger partial charge in [-0.1, -0.05) is 32.4 Å². The third-order valence-corrected chi connectivity index (χ3v) is 15.6. The molecule has 19 heteroatoms. The van der Waals surface area contributed by atoms with Crippen LogP contribution in [-0.4, -0.2) is 117 Å². The molecule has 0 unspecified atom stereocenters. The Labute approximate surface area is 390 Å². The first kappa shape index (κ1) is 49.3. The van der Waals surface area contributed by atoms with E-state index in [0.29, 0.717) is 77.6 Å². The fraction of sp³-hybridized carbons (Fsp3) is 0.583. The van der Waals surface area contributed by atoms with Crippen LogP contribution < -0.4 is 24.2 Å². The maximum absolute atomic E-state index is 15.6. The first-order chi connectivity index (χ1) is 31.5. The number of benzene rings is 1. The van der Waals surface area contributed by atoms with Gasteiger partial charge >= 0.3 is 6.09 Å². The standard InChI is InChI=1S/C48H62F2N6O10S/c1-9-29-20-28(4)12-10-11-13-31-24-48(31,44(59)54-67(62,63)35-16-17-35)53-41(57)39-23-34(26-55(39)43(58)40(29)56(45(60)61)46(5,6)47(7,49)50)66-42-36-18-14-32(64-8)21-30(36)22-38(52-42)37-19-15-33(25-51-37)65-27(2)3/h11,13-15,18-19,21-22,25,27-29,31,34-35,39-40H,9-10,12,16-17,20,23-24,26H2,1-8H3,(H,53,57)(H,54,59)(H,60,61)/b13-11-/t28-,29+,31+,34+,39-,40-,48+/m0/s1. The number of nitrogens with one attached hydrogen (secondary N) is 2. The van der Waals surface area contributed by atoms with Crippen LogP contribution in [-0.2, 0) is 24.4 Å². The highest BCUT2D eigenvalue weighted by Gasteiger charge is 2.63. The summed E-state index contributed by atoms with van der Waals surface area (Å²) in [6, 6.07) is 7.46. The van der Waals surface area contributed by atoms with Gasteiger partial charge in [-0.25, -0.2) is 27.0 Å². The van der Waals surface area contributed by atoms with Crippen molar-refractivity contribution in [3.8, 4) is 28.8 Å². The van der Waals surface area contributed by atoms with E-state index in [-0.39, 0.29) is 43.7 Å². The summed E-state index contributed by atoms with van der Waals surface area (Å²) in [6.45, 7) is 9.96. The van der Waals surface area contributed by atoms with Gasteiger partial charge in [-0.2, -0.15) is 0 Å². The molecule has 2 aromatic heterocycles. The molecule has 0 bridgehead atoms. The number of rotatable bonds is 13. The molecule has 4 amide bonds. The van der Waals surface area contributed by atoms with Gasteiger partial charge in [0.15, 0.2) is 0 Å². The molecule has 0 radical (unpaired) electrons. The van der Waals surface area contributed by atoms with Crippen LogP contribution in [0.3, 0.4) is 0 Å². The van der Waals surface area contributed by atoms with E-state index in [2.05, 4.69) is 15.0 Å². The van der Waals surface area contributed by atoms with Crippen molar-refractivity contribution in [2.75, 3.05) is 13.7 Å². The summed E-state index contributed by atoms with van der Waals surface area (Å²) in [6.07, 6.45) is 4.71. The molecule has 3 fully saturated rings. The van der Waals surface area contributed by atoms with E-state index in [0.717, 1.165) is 13.8 Å². The number of pyridine rings is 2. The lowest BCUT2D eigenvalue weighted by Gasteiger charge is -2.47. The summed E-state index contributed by atoms with van der Waals surface area (Å²) in [7, 11) is -2.50. The van der Waals surface area contributed by atoms with Gasteiger partial charge in [0.2, 0.25) is 27.7 Å². The Morgan fingerprint density at radius 1 is 1.06 bits per heavy atom. The number of allylic oxidation sites excluding steroid dienone is 1. The number of ether oxygens (including phenoxy) is 3. The summed E-state index contributed by atoms with van der Waals surface area (Å²) in [5.74, 6) is -6.48. The number of methoxy groups -OCH3 is 1. The van der Waals surface area contributed by atoms with E-state index < -0.39 is 86.1 Å². The lowest BCUT2D eigenvalue weighted by Crippen LogP contribution is -2.67. The number of sulfonamides is 1. The predicted molar refractivity (Wildman–Crippen MR) is 245 cm³/mol. The SMILES string of the molecule is CC[C@@H]1C[C@@H](C)CC/C=C\[C@@H]2C[C@@]2(C(=O)NS(=O)(=O)C2CC2)NC(=O)[C@@H]2C[C@@H](Oc3nc(-c4ccc(OC(C)C)cn4)cc4cc(OC)ccc34)CN2C(=O)[C@H]1N(C(=O)O)C(C)(C)C(C)(F)F. The van der Waals surface area contributed by atoms with Crippen molar-refractivity contribution in [1.82, 2.24) is 29.8 Å². The van der Waals surface area contributed by atoms with Gasteiger partial charge in [0.1, 0.15) is 40.8 Å². The zero-order chi connectivity index (χ0) is 48.8. The molecular formula is C48H62F2N6O10S. The number of hydrogen-bond donors (Lipinski definition) is 3. The van der Waals surface area contributed by atoms with Crippen LogP contribution in [0.25, 0.3) is 22.2 Å². The highest BCUT2D eigenvalue weighted by molar-refractivity contribution is 7.91.